The third-order valence-electron chi connectivity index (χ3n) is 7.53. The van der Waals surface area contributed by atoms with Gasteiger partial charge in [0.05, 0.1) is 17.7 Å². The van der Waals surface area contributed by atoms with Crippen LogP contribution in [-0.4, -0.2) is 51.4 Å². The largest absolute Gasteiger partial charge is 0.497 e. The maximum Gasteiger partial charge on any atom is 0.264 e. The van der Waals surface area contributed by atoms with E-state index in [1.807, 2.05) is 74.5 Å². The lowest BCUT2D eigenvalue weighted by Gasteiger charge is -2.34. The second-order valence-electron chi connectivity index (χ2n) is 10.9. The minimum Gasteiger partial charge on any atom is -0.497 e. The number of methoxy groups -OCH3 is 1. The van der Waals surface area contributed by atoms with Crippen LogP contribution in [0.3, 0.4) is 0 Å². The quantitative estimate of drug-likeness (QED) is 0.169. The van der Waals surface area contributed by atoms with Crippen LogP contribution in [0.15, 0.2) is 114 Å². The summed E-state index contributed by atoms with van der Waals surface area (Å²) in [6.45, 7) is 3.99. The van der Waals surface area contributed by atoms with Gasteiger partial charge in [-0.1, -0.05) is 97.8 Å². The minimum atomic E-state index is -4.19. The minimum absolute atomic E-state index is 0.0523. The van der Waals surface area contributed by atoms with Crippen LogP contribution in [0, 0.1) is 6.92 Å². The number of aryl methyl sites for hydroxylation is 1. The van der Waals surface area contributed by atoms with Gasteiger partial charge in [-0.2, -0.15) is 0 Å². The maximum absolute atomic E-state index is 14.5. The van der Waals surface area contributed by atoms with Crippen molar-refractivity contribution in [3.8, 4) is 5.75 Å². The average molecular weight is 628 g/mol. The Labute approximate surface area is 266 Å². The van der Waals surface area contributed by atoms with E-state index in [9.17, 15) is 18.0 Å². The zero-order valence-electron chi connectivity index (χ0n) is 26.1. The number of nitrogens with zero attached hydrogens (tertiary/aromatic N) is 2. The van der Waals surface area contributed by atoms with Gasteiger partial charge in [0.1, 0.15) is 18.3 Å². The molecule has 4 aromatic carbocycles. The number of anilines is 1. The van der Waals surface area contributed by atoms with Crippen molar-refractivity contribution in [2.75, 3.05) is 24.5 Å². The Kier molecular flexibility index (Phi) is 11.8. The molecule has 4 rings (SSSR count). The van der Waals surface area contributed by atoms with Crippen molar-refractivity contribution in [1.29, 1.82) is 0 Å². The summed E-state index contributed by atoms with van der Waals surface area (Å²) < 4.78 is 34.8. The number of amides is 2. The molecule has 0 heterocycles. The van der Waals surface area contributed by atoms with Gasteiger partial charge in [-0.3, -0.25) is 13.9 Å². The number of ether oxygens (including phenoxy) is 1. The number of hydrogen-bond donors (Lipinski definition) is 1. The molecule has 1 atom stereocenters. The SMILES string of the molecule is CCCCNC(=O)[C@H](Cc1ccccc1)N(Cc1ccccc1)C(=O)CN(c1cccc(OC)c1)S(=O)(=O)c1ccc(C)cc1. The summed E-state index contributed by atoms with van der Waals surface area (Å²) in [5.41, 5.74) is 2.88. The number of unbranched alkanes of at least 4 members (excludes halogenated alkanes) is 1. The van der Waals surface area contributed by atoms with E-state index in [-0.39, 0.29) is 29.5 Å². The molecule has 0 bridgehead atoms. The predicted molar refractivity (Wildman–Crippen MR) is 178 cm³/mol. The van der Waals surface area contributed by atoms with Crippen molar-refractivity contribution in [2.24, 2.45) is 0 Å². The summed E-state index contributed by atoms with van der Waals surface area (Å²) in [7, 11) is -2.69. The molecule has 0 spiro atoms. The van der Waals surface area contributed by atoms with Crippen LogP contribution < -0.4 is 14.4 Å². The fourth-order valence-corrected chi connectivity index (χ4v) is 6.38. The van der Waals surface area contributed by atoms with Gasteiger partial charge in [-0.15, -0.1) is 0 Å². The molecule has 0 saturated carbocycles. The lowest BCUT2D eigenvalue weighted by Crippen LogP contribution is -2.53. The molecular weight excluding hydrogens is 586 g/mol. The number of carbonyl (C=O) groups is 2. The predicted octanol–water partition coefficient (Wildman–Crippen LogP) is 5.76. The van der Waals surface area contributed by atoms with Crippen LogP contribution in [0.1, 0.15) is 36.5 Å². The van der Waals surface area contributed by atoms with Crippen molar-refractivity contribution >= 4 is 27.5 Å². The number of sulfonamides is 1. The molecule has 9 heteroatoms. The summed E-state index contributed by atoms with van der Waals surface area (Å²) >= 11 is 0. The monoisotopic (exact) mass is 627 g/mol. The fraction of sp³-hybridized carbons (Fsp3) is 0.278. The molecule has 4 aromatic rings. The van der Waals surface area contributed by atoms with Crippen LogP contribution in [0.4, 0.5) is 5.69 Å². The van der Waals surface area contributed by atoms with Gasteiger partial charge < -0.3 is 15.0 Å². The summed E-state index contributed by atoms with van der Waals surface area (Å²) in [6, 6.07) is 31.1. The molecule has 0 saturated heterocycles. The molecule has 0 aliphatic rings. The van der Waals surface area contributed by atoms with Gasteiger partial charge >= 0.3 is 0 Å². The van der Waals surface area contributed by atoms with Gasteiger partial charge in [-0.25, -0.2) is 8.42 Å². The molecule has 2 amide bonds. The zero-order chi connectivity index (χ0) is 32.2. The molecule has 0 radical (unpaired) electrons. The normalized spacial score (nSPS) is 11.8. The Hall–Kier alpha value is -4.63. The van der Waals surface area contributed by atoms with Crippen LogP contribution in [0.5, 0.6) is 5.75 Å². The van der Waals surface area contributed by atoms with E-state index in [0.717, 1.165) is 33.8 Å². The van der Waals surface area contributed by atoms with Crippen molar-refractivity contribution < 1.29 is 22.7 Å². The van der Waals surface area contributed by atoms with Gasteiger partial charge in [-0.05, 0) is 48.7 Å². The third-order valence-corrected chi connectivity index (χ3v) is 9.31. The van der Waals surface area contributed by atoms with E-state index in [1.54, 1.807) is 36.4 Å². The van der Waals surface area contributed by atoms with Crippen molar-refractivity contribution in [3.05, 3.63) is 126 Å². The van der Waals surface area contributed by atoms with Crippen LogP contribution in [-0.2, 0) is 32.6 Å². The summed E-state index contributed by atoms with van der Waals surface area (Å²) in [4.78, 5) is 29.8. The Morgan fingerprint density at radius 2 is 1.49 bits per heavy atom. The van der Waals surface area contributed by atoms with E-state index in [2.05, 4.69) is 5.32 Å². The van der Waals surface area contributed by atoms with Gasteiger partial charge in [0.25, 0.3) is 10.0 Å². The standard InChI is InChI=1S/C36H41N3O5S/c1-4-5-23-37-36(41)34(24-29-13-8-6-9-14-29)38(26-30-15-10-7-11-16-30)35(40)27-39(31-17-12-18-32(25-31)44-3)45(42,43)33-21-19-28(2)20-22-33/h6-22,25,34H,4-5,23-24,26-27H2,1-3H3,(H,37,41)/t34-/m0/s1. The first kappa shape index (κ1) is 33.3. The lowest BCUT2D eigenvalue weighted by molar-refractivity contribution is -0.140. The van der Waals surface area contributed by atoms with Crippen molar-refractivity contribution in [1.82, 2.24) is 10.2 Å². The smallest absolute Gasteiger partial charge is 0.264 e. The molecule has 8 nitrogen and oxygen atoms in total. The Morgan fingerprint density at radius 3 is 2.11 bits per heavy atom. The van der Waals surface area contributed by atoms with Gasteiger partial charge in [0, 0.05) is 25.6 Å². The van der Waals surface area contributed by atoms with E-state index in [0.29, 0.717) is 12.3 Å². The number of rotatable bonds is 15. The lowest BCUT2D eigenvalue weighted by atomic mass is 10.0. The van der Waals surface area contributed by atoms with Crippen molar-refractivity contribution in [2.45, 2.75) is 50.6 Å². The van der Waals surface area contributed by atoms with Gasteiger partial charge in [0.15, 0.2) is 0 Å². The molecule has 0 fully saturated rings. The van der Waals surface area contributed by atoms with Crippen LogP contribution in [0.25, 0.3) is 0 Å². The highest BCUT2D eigenvalue weighted by molar-refractivity contribution is 7.92. The summed E-state index contributed by atoms with van der Waals surface area (Å²) in [5, 5.41) is 3.01. The topological polar surface area (TPSA) is 96.0 Å². The first-order chi connectivity index (χ1) is 21.7. The molecule has 0 unspecified atom stereocenters. The second kappa shape index (κ2) is 15.9. The molecule has 236 valence electrons. The Bertz CT molecular complexity index is 1650. The summed E-state index contributed by atoms with van der Waals surface area (Å²) in [6.07, 6.45) is 1.97. The highest BCUT2D eigenvalue weighted by Crippen LogP contribution is 2.28. The maximum atomic E-state index is 14.5. The zero-order valence-corrected chi connectivity index (χ0v) is 26.9. The number of benzene rings is 4. The molecular formula is C36H41N3O5S. The Balaban J connectivity index is 1.78. The first-order valence-electron chi connectivity index (χ1n) is 15.1. The molecule has 1 N–H and O–H groups in total. The number of nitrogens with one attached hydrogen (secondary N) is 1. The first-order valence-corrected chi connectivity index (χ1v) is 16.6. The summed E-state index contributed by atoms with van der Waals surface area (Å²) in [5.74, 6) is -0.350. The average Bonchev–Trinajstić information content (AvgIpc) is 3.06. The van der Waals surface area contributed by atoms with E-state index in [4.69, 9.17) is 4.74 Å². The Morgan fingerprint density at radius 1 is 0.844 bits per heavy atom. The highest BCUT2D eigenvalue weighted by atomic mass is 32.2. The van der Waals surface area contributed by atoms with Crippen molar-refractivity contribution in [3.63, 3.8) is 0 Å². The number of hydrogen-bond acceptors (Lipinski definition) is 5. The number of carbonyl (C=O) groups excluding carboxylic acids is 2. The van der Waals surface area contributed by atoms with E-state index < -0.39 is 28.5 Å². The second-order valence-corrected chi connectivity index (χ2v) is 12.7. The van der Waals surface area contributed by atoms with E-state index in [1.165, 1.54) is 24.1 Å². The molecule has 45 heavy (non-hydrogen) atoms. The van der Waals surface area contributed by atoms with Crippen LogP contribution in [0.2, 0.25) is 0 Å². The van der Waals surface area contributed by atoms with Gasteiger partial charge in [0.2, 0.25) is 11.8 Å². The molecule has 0 aliphatic heterocycles. The third kappa shape index (κ3) is 8.95. The molecule has 0 aliphatic carbocycles. The van der Waals surface area contributed by atoms with E-state index >= 15 is 0 Å². The molecule has 0 aromatic heterocycles. The highest BCUT2D eigenvalue weighted by Gasteiger charge is 2.34. The fourth-order valence-electron chi connectivity index (χ4n) is 4.97. The van der Waals surface area contributed by atoms with Crippen LogP contribution >= 0.6 is 0 Å².